The Morgan fingerprint density at radius 2 is 1.52 bits per heavy atom. The first-order valence-corrected chi connectivity index (χ1v) is 10.2. The Morgan fingerprint density at radius 3 is 2.09 bits per heavy atom. The Labute approximate surface area is 187 Å². The quantitative estimate of drug-likeness (QED) is 0.515. The minimum absolute atomic E-state index is 0.0245. The summed E-state index contributed by atoms with van der Waals surface area (Å²) in [5.74, 6) is -4.79. The molecular weight excluding hydrogens is 432 g/mol. The molecule has 168 valence electrons. The van der Waals surface area contributed by atoms with Gasteiger partial charge in [-0.05, 0) is 40.5 Å². The van der Waals surface area contributed by atoms with E-state index in [0.29, 0.717) is 6.07 Å². The van der Waals surface area contributed by atoms with Crippen molar-refractivity contribution in [3.8, 4) is 11.1 Å². The predicted octanol–water partition coefficient (Wildman–Crippen LogP) is 4.53. The van der Waals surface area contributed by atoms with Crippen molar-refractivity contribution in [1.29, 1.82) is 0 Å². The van der Waals surface area contributed by atoms with E-state index in [4.69, 9.17) is 4.74 Å². The molecule has 8 heteroatoms. The number of ether oxygens (including phenoxy) is 1. The second kappa shape index (κ2) is 9.20. The number of rotatable bonds is 7. The zero-order valence-electron chi connectivity index (χ0n) is 17.3. The summed E-state index contributed by atoms with van der Waals surface area (Å²) in [6.07, 6.45) is -1.65. The molecule has 0 bridgehead atoms. The molecule has 0 heterocycles. The van der Waals surface area contributed by atoms with Crippen molar-refractivity contribution in [3.05, 3.63) is 95.1 Å². The lowest BCUT2D eigenvalue weighted by Gasteiger charge is -2.17. The van der Waals surface area contributed by atoms with E-state index in [1.807, 2.05) is 48.5 Å². The Balaban J connectivity index is 1.41. The van der Waals surface area contributed by atoms with Crippen LogP contribution >= 0.6 is 0 Å². The van der Waals surface area contributed by atoms with E-state index in [1.165, 1.54) is 0 Å². The van der Waals surface area contributed by atoms with Crippen LogP contribution in [0.25, 0.3) is 11.1 Å². The fourth-order valence-corrected chi connectivity index (χ4v) is 3.96. The molecule has 1 unspecified atom stereocenters. The predicted molar refractivity (Wildman–Crippen MR) is 115 cm³/mol. The van der Waals surface area contributed by atoms with E-state index in [-0.39, 0.29) is 18.1 Å². The SMILES string of the molecule is O=C(NC(CC(=O)c1ccc(F)c(F)c1)C(=O)O)OCC1c2ccccc2-c2ccccc21. The van der Waals surface area contributed by atoms with Crippen molar-refractivity contribution in [2.45, 2.75) is 18.4 Å². The maximum atomic E-state index is 13.4. The van der Waals surface area contributed by atoms with E-state index in [9.17, 15) is 28.3 Å². The molecule has 0 fully saturated rings. The molecular formula is C25H19F2NO5. The summed E-state index contributed by atoms with van der Waals surface area (Å²) in [6.45, 7) is -0.0245. The largest absolute Gasteiger partial charge is 0.480 e. The molecule has 4 rings (SSSR count). The molecule has 3 aromatic carbocycles. The molecule has 2 N–H and O–H groups in total. The van der Waals surface area contributed by atoms with E-state index in [1.54, 1.807) is 0 Å². The zero-order valence-corrected chi connectivity index (χ0v) is 17.3. The minimum Gasteiger partial charge on any atom is -0.480 e. The highest BCUT2D eigenvalue weighted by atomic mass is 19.2. The fourth-order valence-electron chi connectivity index (χ4n) is 3.96. The molecule has 3 aromatic rings. The lowest BCUT2D eigenvalue weighted by molar-refractivity contribution is -0.139. The van der Waals surface area contributed by atoms with Gasteiger partial charge in [-0.15, -0.1) is 0 Å². The number of carboxylic acid groups (broad SMARTS) is 1. The van der Waals surface area contributed by atoms with Crippen molar-refractivity contribution in [1.82, 2.24) is 5.32 Å². The molecule has 1 aliphatic rings. The summed E-state index contributed by atoms with van der Waals surface area (Å²) in [7, 11) is 0. The first-order valence-electron chi connectivity index (χ1n) is 10.2. The van der Waals surface area contributed by atoms with Gasteiger partial charge >= 0.3 is 12.1 Å². The first-order chi connectivity index (χ1) is 15.8. The number of Topliss-reactive ketones (excluding diaryl/α,β-unsaturated/α-hetero) is 1. The monoisotopic (exact) mass is 451 g/mol. The van der Waals surface area contributed by atoms with Gasteiger partial charge in [0.2, 0.25) is 0 Å². The third kappa shape index (κ3) is 4.59. The smallest absolute Gasteiger partial charge is 0.407 e. The van der Waals surface area contributed by atoms with E-state index in [2.05, 4.69) is 5.32 Å². The van der Waals surface area contributed by atoms with Gasteiger partial charge in [0.1, 0.15) is 12.6 Å². The number of halogens is 2. The maximum Gasteiger partial charge on any atom is 0.407 e. The van der Waals surface area contributed by atoms with Crippen molar-refractivity contribution < 1.29 is 33.0 Å². The number of aliphatic carboxylic acids is 1. The van der Waals surface area contributed by atoms with E-state index in [0.717, 1.165) is 34.4 Å². The first kappa shape index (κ1) is 22.1. The number of ketones is 1. The highest BCUT2D eigenvalue weighted by Gasteiger charge is 2.30. The number of carbonyl (C=O) groups excluding carboxylic acids is 2. The zero-order chi connectivity index (χ0) is 23.5. The Morgan fingerprint density at radius 1 is 0.909 bits per heavy atom. The Kier molecular flexibility index (Phi) is 6.17. The number of carbonyl (C=O) groups is 3. The van der Waals surface area contributed by atoms with Crippen LogP contribution in [0.1, 0.15) is 33.8 Å². The summed E-state index contributed by atoms with van der Waals surface area (Å²) in [6, 6.07) is 16.4. The van der Waals surface area contributed by atoms with Crippen LogP contribution in [0.3, 0.4) is 0 Å². The number of carboxylic acids is 1. The Bertz CT molecular complexity index is 1200. The van der Waals surface area contributed by atoms with Crippen LogP contribution in [0.5, 0.6) is 0 Å². The standard InChI is InChI=1S/C25H19F2NO5/c26-20-10-9-14(11-21(20)27)23(29)12-22(24(30)31)28-25(32)33-13-19-17-7-3-1-5-15(17)16-6-2-4-8-18(16)19/h1-11,19,22H,12-13H2,(H,28,32)(H,30,31). The number of amides is 1. The van der Waals surface area contributed by atoms with Crippen LogP contribution in [0, 0.1) is 11.6 Å². The molecule has 1 amide bonds. The highest BCUT2D eigenvalue weighted by molar-refractivity contribution is 5.99. The lowest BCUT2D eigenvalue weighted by atomic mass is 9.98. The summed E-state index contributed by atoms with van der Waals surface area (Å²) >= 11 is 0. The summed E-state index contributed by atoms with van der Waals surface area (Å²) in [5.41, 5.74) is 3.88. The van der Waals surface area contributed by atoms with Crippen molar-refractivity contribution in [3.63, 3.8) is 0 Å². The number of benzene rings is 3. The molecule has 0 saturated heterocycles. The summed E-state index contributed by atoms with van der Waals surface area (Å²) in [4.78, 5) is 36.2. The van der Waals surface area contributed by atoms with Gasteiger partial charge in [-0.25, -0.2) is 18.4 Å². The molecule has 0 saturated carbocycles. The Hall–Kier alpha value is -4.07. The van der Waals surface area contributed by atoms with Crippen LogP contribution < -0.4 is 5.32 Å². The van der Waals surface area contributed by atoms with Gasteiger partial charge in [-0.3, -0.25) is 4.79 Å². The fraction of sp³-hybridized carbons (Fsp3) is 0.160. The minimum atomic E-state index is -1.60. The number of hydrogen-bond donors (Lipinski definition) is 2. The molecule has 1 atom stereocenters. The molecule has 0 aliphatic heterocycles. The van der Waals surface area contributed by atoms with E-state index < -0.39 is 41.9 Å². The third-order valence-corrected chi connectivity index (χ3v) is 5.56. The summed E-state index contributed by atoms with van der Waals surface area (Å²) in [5, 5.41) is 11.6. The van der Waals surface area contributed by atoms with Gasteiger partial charge in [-0.2, -0.15) is 0 Å². The molecule has 33 heavy (non-hydrogen) atoms. The second-order valence-corrected chi connectivity index (χ2v) is 7.62. The van der Waals surface area contributed by atoms with Gasteiger partial charge in [0, 0.05) is 17.9 Å². The molecule has 0 spiro atoms. The van der Waals surface area contributed by atoms with Crippen LogP contribution in [0.2, 0.25) is 0 Å². The number of nitrogens with one attached hydrogen (secondary N) is 1. The van der Waals surface area contributed by atoms with Crippen LogP contribution in [-0.2, 0) is 9.53 Å². The average molecular weight is 451 g/mol. The van der Waals surface area contributed by atoms with Gasteiger partial charge in [0.15, 0.2) is 17.4 Å². The van der Waals surface area contributed by atoms with E-state index >= 15 is 0 Å². The lowest BCUT2D eigenvalue weighted by Crippen LogP contribution is -2.42. The highest BCUT2D eigenvalue weighted by Crippen LogP contribution is 2.44. The molecule has 6 nitrogen and oxygen atoms in total. The number of alkyl carbamates (subject to hydrolysis) is 1. The average Bonchev–Trinajstić information content (AvgIpc) is 3.12. The van der Waals surface area contributed by atoms with Gasteiger partial charge in [-0.1, -0.05) is 48.5 Å². The van der Waals surface area contributed by atoms with Crippen molar-refractivity contribution >= 4 is 17.8 Å². The maximum absolute atomic E-state index is 13.4. The molecule has 0 aromatic heterocycles. The number of hydrogen-bond acceptors (Lipinski definition) is 4. The van der Waals surface area contributed by atoms with Gasteiger partial charge in [0.05, 0.1) is 0 Å². The third-order valence-electron chi connectivity index (χ3n) is 5.56. The summed E-state index contributed by atoms with van der Waals surface area (Å²) < 4.78 is 31.7. The number of fused-ring (bicyclic) bond motifs is 3. The topological polar surface area (TPSA) is 92.7 Å². The van der Waals surface area contributed by atoms with Crippen LogP contribution in [0.4, 0.5) is 13.6 Å². The van der Waals surface area contributed by atoms with Crippen LogP contribution in [-0.4, -0.2) is 35.6 Å². The molecule has 1 aliphatic carbocycles. The van der Waals surface area contributed by atoms with Crippen molar-refractivity contribution in [2.75, 3.05) is 6.61 Å². The van der Waals surface area contributed by atoms with Crippen molar-refractivity contribution in [2.24, 2.45) is 0 Å². The molecule has 0 radical (unpaired) electrons. The van der Waals surface area contributed by atoms with Gasteiger partial charge < -0.3 is 15.2 Å². The normalized spacial score (nSPS) is 13.0. The van der Waals surface area contributed by atoms with Crippen LogP contribution in [0.15, 0.2) is 66.7 Å². The second-order valence-electron chi connectivity index (χ2n) is 7.62. The van der Waals surface area contributed by atoms with Gasteiger partial charge in [0.25, 0.3) is 0 Å².